The second-order valence-electron chi connectivity index (χ2n) is 4.88. The number of carbonyl (C=O) groups is 1. The van der Waals surface area contributed by atoms with E-state index in [0.717, 1.165) is 11.3 Å². The van der Waals surface area contributed by atoms with Gasteiger partial charge in [-0.25, -0.2) is 23.2 Å². The summed E-state index contributed by atoms with van der Waals surface area (Å²) in [7, 11) is -2.80. The zero-order valence-corrected chi connectivity index (χ0v) is 15.1. The molecular weight excluding hydrogens is 378 g/mol. The van der Waals surface area contributed by atoms with Crippen LogP contribution < -0.4 is 9.46 Å². The molecule has 0 amide bonds. The molecule has 3 rings (SSSR count). The Kier molecular flexibility index (Phi) is 5.14. The molecule has 26 heavy (non-hydrogen) atoms. The number of nitrogens with zero attached hydrogens (tertiary/aromatic N) is 2. The Balaban J connectivity index is 1.76. The molecule has 0 radical (unpaired) electrons. The van der Waals surface area contributed by atoms with Gasteiger partial charge in [0.1, 0.15) is 15.5 Å². The fourth-order valence-corrected chi connectivity index (χ4v) is 4.34. The molecule has 0 aliphatic carbocycles. The van der Waals surface area contributed by atoms with Gasteiger partial charge in [-0.2, -0.15) is 0 Å². The number of sulfonamides is 1. The minimum absolute atomic E-state index is 0.00931. The van der Waals surface area contributed by atoms with Crippen LogP contribution in [0, 0.1) is 0 Å². The first kappa shape index (κ1) is 17.8. The summed E-state index contributed by atoms with van der Waals surface area (Å²) in [6.45, 7) is 0. The Morgan fingerprint density at radius 2 is 1.81 bits per heavy atom. The van der Waals surface area contributed by atoms with E-state index < -0.39 is 16.0 Å². The van der Waals surface area contributed by atoms with E-state index in [4.69, 9.17) is 4.74 Å². The number of methoxy groups -OCH3 is 1. The predicted molar refractivity (Wildman–Crippen MR) is 95.0 cm³/mol. The van der Waals surface area contributed by atoms with E-state index in [1.807, 2.05) is 6.07 Å². The predicted octanol–water partition coefficient (Wildman–Crippen LogP) is 2.92. The Morgan fingerprint density at radius 1 is 1.12 bits per heavy atom. The van der Waals surface area contributed by atoms with Crippen LogP contribution in [-0.2, 0) is 14.8 Å². The quantitative estimate of drug-likeness (QED) is 0.644. The minimum atomic E-state index is -3.99. The highest BCUT2D eigenvalue weighted by molar-refractivity contribution is 7.93. The molecule has 0 bridgehead atoms. The lowest BCUT2D eigenvalue weighted by Gasteiger charge is -2.08. The maximum absolute atomic E-state index is 12.5. The van der Waals surface area contributed by atoms with Gasteiger partial charge in [-0.15, -0.1) is 11.3 Å². The normalized spacial score (nSPS) is 11.0. The molecular formula is C16H13N3O5S2. The molecule has 0 unspecified atom stereocenters. The van der Waals surface area contributed by atoms with Crippen LogP contribution >= 0.6 is 11.3 Å². The molecule has 134 valence electrons. The summed E-state index contributed by atoms with van der Waals surface area (Å²) in [6.07, 6.45) is 2.54. The number of esters is 1. The fourth-order valence-electron chi connectivity index (χ4n) is 1.98. The lowest BCUT2D eigenvalue weighted by Crippen LogP contribution is -2.16. The highest BCUT2D eigenvalue weighted by Crippen LogP contribution is 2.25. The third kappa shape index (κ3) is 3.98. The lowest BCUT2D eigenvalue weighted by molar-refractivity contribution is 0.0602. The molecule has 0 spiro atoms. The minimum Gasteiger partial charge on any atom is -0.465 e. The van der Waals surface area contributed by atoms with Gasteiger partial charge in [0.2, 0.25) is 0 Å². The van der Waals surface area contributed by atoms with Crippen molar-refractivity contribution in [1.82, 2.24) is 9.97 Å². The number of rotatable bonds is 6. The number of anilines is 1. The fraction of sp³-hybridized carbons (Fsp3) is 0.0625. The van der Waals surface area contributed by atoms with Crippen LogP contribution in [0.15, 0.2) is 59.1 Å². The number of aromatic nitrogens is 2. The van der Waals surface area contributed by atoms with Crippen LogP contribution in [-0.4, -0.2) is 31.5 Å². The molecule has 10 heteroatoms. The van der Waals surface area contributed by atoms with E-state index in [9.17, 15) is 13.2 Å². The van der Waals surface area contributed by atoms with Gasteiger partial charge in [0.25, 0.3) is 10.0 Å². The van der Waals surface area contributed by atoms with Gasteiger partial charge in [0.05, 0.1) is 25.2 Å². The SMILES string of the molecule is COC(=O)c1sccc1S(=O)(=O)Nc1cnc(Oc2ccccc2)nc1. The van der Waals surface area contributed by atoms with Crippen LogP contribution in [0.4, 0.5) is 5.69 Å². The topological polar surface area (TPSA) is 107 Å². The van der Waals surface area contributed by atoms with Crippen LogP contribution in [0.2, 0.25) is 0 Å². The summed E-state index contributed by atoms with van der Waals surface area (Å²) < 4.78 is 37.3. The van der Waals surface area contributed by atoms with Gasteiger partial charge >= 0.3 is 12.0 Å². The summed E-state index contributed by atoms with van der Waals surface area (Å²) in [6, 6.07) is 10.3. The molecule has 1 aromatic carbocycles. The zero-order chi connectivity index (χ0) is 18.6. The number of hydrogen-bond acceptors (Lipinski definition) is 8. The van der Waals surface area contributed by atoms with Gasteiger partial charge in [-0.1, -0.05) is 18.2 Å². The van der Waals surface area contributed by atoms with Crippen molar-refractivity contribution in [2.75, 3.05) is 11.8 Å². The first-order valence-electron chi connectivity index (χ1n) is 7.23. The molecule has 0 atom stereocenters. The first-order valence-corrected chi connectivity index (χ1v) is 9.59. The van der Waals surface area contributed by atoms with Crippen molar-refractivity contribution in [2.24, 2.45) is 0 Å². The van der Waals surface area contributed by atoms with E-state index in [0.29, 0.717) is 5.75 Å². The number of para-hydroxylation sites is 1. The Morgan fingerprint density at radius 3 is 2.46 bits per heavy atom. The lowest BCUT2D eigenvalue weighted by atomic mass is 10.3. The summed E-state index contributed by atoms with van der Waals surface area (Å²) >= 11 is 0.978. The van der Waals surface area contributed by atoms with Gasteiger partial charge < -0.3 is 9.47 Å². The number of hydrogen-bond donors (Lipinski definition) is 1. The van der Waals surface area contributed by atoms with E-state index in [1.165, 1.54) is 30.9 Å². The zero-order valence-electron chi connectivity index (χ0n) is 13.4. The molecule has 3 aromatic rings. The van der Waals surface area contributed by atoms with Gasteiger partial charge in [-0.3, -0.25) is 4.72 Å². The monoisotopic (exact) mass is 391 g/mol. The van der Waals surface area contributed by atoms with Crippen LogP contribution in [0.1, 0.15) is 9.67 Å². The van der Waals surface area contributed by atoms with Gasteiger partial charge in [-0.05, 0) is 23.6 Å². The standard InChI is InChI=1S/C16H13N3O5S2/c1-23-15(20)14-13(7-8-25-14)26(21,22)19-11-9-17-16(18-10-11)24-12-5-3-2-4-6-12/h2-10,19H,1H3. The smallest absolute Gasteiger partial charge is 0.349 e. The van der Waals surface area contributed by atoms with E-state index in [-0.39, 0.29) is 21.5 Å². The Bertz CT molecular complexity index is 1000. The summed E-state index contributed by atoms with van der Waals surface area (Å²) in [5, 5.41) is 1.49. The maximum atomic E-state index is 12.5. The molecule has 0 aliphatic rings. The number of ether oxygens (including phenoxy) is 2. The van der Waals surface area contributed by atoms with Crippen molar-refractivity contribution in [3.63, 3.8) is 0 Å². The third-order valence-electron chi connectivity index (χ3n) is 3.12. The number of benzene rings is 1. The summed E-state index contributed by atoms with van der Waals surface area (Å²) in [4.78, 5) is 19.4. The van der Waals surface area contributed by atoms with Crippen LogP contribution in [0.25, 0.3) is 0 Å². The van der Waals surface area contributed by atoms with Crippen LogP contribution in [0.5, 0.6) is 11.8 Å². The summed E-state index contributed by atoms with van der Waals surface area (Å²) in [5.74, 6) is -0.162. The van der Waals surface area contributed by atoms with Gasteiger partial charge in [0.15, 0.2) is 0 Å². The molecule has 0 saturated carbocycles. The Hall–Kier alpha value is -2.98. The second kappa shape index (κ2) is 7.50. The van der Waals surface area contributed by atoms with Crippen LogP contribution in [0.3, 0.4) is 0 Å². The number of thiophene rings is 1. The Labute approximate surface area is 153 Å². The maximum Gasteiger partial charge on any atom is 0.349 e. The number of nitrogens with one attached hydrogen (secondary N) is 1. The third-order valence-corrected chi connectivity index (χ3v) is 5.57. The molecule has 2 heterocycles. The van der Waals surface area contributed by atoms with E-state index in [1.54, 1.807) is 24.3 Å². The van der Waals surface area contributed by atoms with Crippen molar-refractivity contribution in [1.29, 1.82) is 0 Å². The second-order valence-corrected chi connectivity index (χ2v) is 7.45. The van der Waals surface area contributed by atoms with Crippen molar-refractivity contribution < 1.29 is 22.7 Å². The van der Waals surface area contributed by atoms with Crippen molar-refractivity contribution in [2.45, 2.75) is 4.90 Å². The molecule has 0 aliphatic heterocycles. The largest absolute Gasteiger partial charge is 0.465 e. The highest BCUT2D eigenvalue weighted by Gasteiger charge is 2.25. The average Bonchev–Trinajstić information content (AvgIpc) is 3.14. The molecule has 8 nitrogen and oxygen atoms in total. The van der Waals surface area contributed by atoms with Crippen molar-refractivity contribution in [3.8, 4) is 11.8 Å². The van der Waals surface area contributed by atoms with Gasteiger partial charge in [0, 0.05) is 0 Å². The molecule has 2 aromatic heterocycles. The molecule has 0 fully saturated rings. The first-order chi connectivity index (χ1) is 12.5. The average molecular weight is 391 g/mol. The summed E-state index contributed by atoms with van der Waals surface area (Å²) in [5.41, 5.74) is 0.132. The molecule has 1 N–H and O–H groups in total. The van der Waals surface area contributed by atoms with Crippen molar-refractivity contribution >= 4 is 33.0 Å². The number of carbonyl (C=O) groups excluding carboxylic acids is 1. The molecule has 0 saturated heterocycles. The van der Waals surface area contributed by atoms with Crippen molar-refractivity contribution in [3.05, 3.63) is 59.0 Å². The van der Waals surface area contributed by atoms with E-state index >= 15 is 0 Å². The highest BCUT2D eigenvalue weighted by atomic mass is 32.2. The van der Waals surface area contributed by atoms with E-state index in [2.05, 4.69) is 19.4 Å².